The SMILES string of the molecule is Cc1cc(C)cc(OCC(=O)OCC(=O)Nc2sc3c(c2C(N)=O)CCCC3)c1. The number of ether oxygens (including phenoxy) is 2. The van der Waals surface area contributed by atoms with Gasteiger partial charge in [0.25, 0.3) is 11.8 Å². The van der Waals surface area contributed by atoms with Crippen LogP contribution in [0.5, 0.6) is 5.75 Å². The number of anilines is 1. The Morgan fingerprint density at radius 2 is 1.76 bits per heavy atom. The van der Waals surface area contributed by atoms with Crippen LogP contribution in [0.1, 0.15) is 44.8 Å². The molecule has 29 heavy (non-hydrogen) atoms. The van der Waals surface area contributed by atoms with Gasteiger partial charge >= 0.3 is 5.97 Å². The fourth-order valence-corrected chi connectivity index (χ4v) is 4.73. The zero-order chi connectivity index (χ0) is 21.0. The predicted molar refractivity (Wildman–Crippen MR) is 110 cm³/mol. The molecule has 1 aliphatic rings. The number of hydrogen-bond acceptors (Lipinski definition) is 6. The van der Waals surface area contributed by atoms with E-state index in [0.717, 1.165) is 47.3 Å². The second-order valence-electron chi connectivity index (χ2n) is 7.10. The van der Waals surface area contributed by atoms with Gasteiger partial charge in [-0.2, -0.15) is 0 Å². The minimum Gasteiger partial charge on any atom is -0.482 e. The van der Waals surface area contributed by atoms with Crippen LogP contribution in [-0.2, 0) is 27.2 Å². The molecule has 2 aromatic rings. The van der Waals surface area contributed by atoms with E-state index in [0.29, 0.717) is 16.3 Å². The van der Waals surface area contributed by atoms with Crippen LogP contribution < -0.4 is 15.8 Å². The first-order valence-corrected chi connectivity index (χ1v) is 10.3. The molecule has 0 fully saturated rings. The maximum absolute atomic E-state index is 12.2. The number of primary amides is 1. The third-order valence-corrected chi connectivity index (χ3v) is 5.79. The molecule has 3 rings (SSSR count). The van der Waals surface area contributed by atoms with Gasteiger partial charge in [-0.1, -0.05) is 6.07 Å². The molecule has 1 aromatic heterocycles. The van der Waals surface area contributed by atoms with Crippen molar-refractivity contribution in [3.05, 3.63) is 45.3 Å². The van der Waals surface area contributed by atoms with E-state index in [1.807, 2.05) is 32.0 Å². The topological polar surface area (TPSA) is 108 Å². The van der Waals surface area contributed by atoms with Gasteiger partial charge in [0, 0.05) is 4.88 Å². The second kappa shape index (κ2) is 9.09. The summed E-state index contributed by atoms with van der Waals surface area (Å²) in [6.07, 6.45) is 3.71. The Labute approximate surface area is 173 Å². The zero-order valence-corrected chi connectivity index (χ0v) is 17.3. The monoisotopic (exact) mass is 416 g/mol. The molecule has 0 unspecified atom stereocenters. The third-order valence-electron chi connectivity index (χ3n) is 4.59. The summed E-state index contributed by atoms with van der Waals surface area (Å²) in [6, 6.07) is 5.63. The number of aryl methyl sites for hydroxylation is 3. The minimum atomic E-state index is -0.653. The average Bonchev–Trinajstić information content (AvgIpc) is 3.01. The van der Waals surface area contributed by atoms with E-state index < -0.39 is 24.4 Å². The molecule has 3 N–H and O–H groups in total. The molecule has 8 heteroatoms. The number of nitrogens with two attached hydrogens (primary N) is 1. The molecular weight excluding hydrogens is 392 g/mol. The summed E-state index contributed by atoms with van der Waals surface area (Å²) in [7, 11) is 0. The van der Waals surface area contributed by atoms with Crippen LogP contribution in [0.4, 0.5) is 5.00 Å². The summed E-state index contributed by atoms with van der Waals surface area (Å²) in [5.41, 5.74) is 8.87. The fraction of sp³-hybridized carbons (Fsp3) is 0.381. The smallest absolute Gasteiger partial charge is 0.344 e. The van der Waals surface area contributed by atoms with Gasteiger partial charge < -0.3 is 20.5 Å². The van der Waals surface area contributed by atoms with Crippen LogP contribution in [-0.4, -0.2) is 31.0 Å². The molecule has 1 aliphatic carbocycles. The number of carbonyl (C=O) groups is 3. The summed E-state index contributed by atoms with van der Waals surface area (Å²) < 4.78 is 10.4. The summed E-state index contributed by atoms with van der Waals surface area (Å²) in [6.45, 7) is 3.11. The van der Waals surface area contributed by atoms with Crippen LogP contribution in [0.15, 0.2) is 18.2 Å². The average molecular weight is 416 g/mol. The van der Waals surface area contributed by atoms with E-state index in [2.05, 4.69) is 5.32 Å². The van der Waals surface area contributed by atoms with Gasteiger partial charge in [0.05, 0.1) is 5.56 Å². The Morgan fingerprint density at radius 3 is 2.45 bits per heavy atom. The lowest BCUT2D eigenvalue weighted by Crippen LogP contribution is -2.24. The van der Waals surface area contributed by atoms with Gasteiger partial charge in [0.2, 0.25) is 0 Å². The van der Waals surface area contributed by atoms with Crippen LogP contribution in [0, 0.1) is 13.8 Å². The molecular formula is C21H24N2O5S. The predicted octanol–water partition coefficient (Wildman–Crippen LogP) is 2.90. The van der Waals surface area contributed by atoms with Gasteiger partial charge in [-0.05, 0) is 68.4 Å². The van der Waals surface area contributed by atoms with Crippen LogP contribution in [0.3, 0.4) is 0 Å². The standard InChI is InChI=1S/C21H24N2O5S/c1-12-7-13(2)9-14(8-12)27-11-18(25)28-10-17(24)23-21-19(20(22)26)15-5-3-4-6-16(15)29-21/h7-9H,3-6,10-11H2,1-2H3,(H2,22,26)(H,23,24). The van der Waals surface area contributed by atoms with Crippen LogP contribution in [0.2, 0.25) is 0 Å². The third kappa shape index (κ3) is 5.35. The number of esters is 1. The largest absolute Gasteiger partial charge is 0.482 e. The molecule has 0 aliphatic heterocycles. The lowest BCUT2D eigenvalue weighted by molar-refractivity contribution is -0.149. The maximum atomic E-state index is 12.2. The summed E-state index contributed by atoms with van der Waals surface area (Å²) in [5.74, 6) is -1.16. The Bertz CT molecular complexity index is 931. The molecule has 0 bridgehead atoms. The Kier molecular flexibility index (Phi) is 6.53. The molecule has 0 saturated heterocycles. The van der Waals surface area contributed by atoms with E-state index in [1.54, 1.807) is 0 Å². The molecule has 2 amide bonds. The van der Waals surface area contributed by atoms with E-state index in [-0.39, 0.29) is 6.61 Å². The zero-order valence-electron chi connectivity index (χ0n) is 16.5. The molecule has 0 radical (unpaired) electrons. The Balaban J connectivity index is 1.53. The molecule has 7 nitrogen and oxygen atoms in total. The highest BCUT2D eigenvalue weighted by Crippen LogP contribution is 2.37. The van der Waals surface area contributed by atoms with Gasteiger partial charge in [-0.25, -0.2) is 4.79 Å². The van der Waals surface area contributed by atoms with Crippen molar-refractivity contribution in [3.8, 4) is 5.75 Å². The molecule has 0 spiro atoms. The minimum absolute atomic E-state index is 0.296. The van der Waals surface area contributed by atoms with Gasteiger partial charge in [-0.15, -0.1) is 11.3 Å². The maximum Gasteiger partial charge on any atom is 0.344 e. The quantitative estimate of drug-likeness (QED) is 0.675. The van der Waals surface area contributed by atoms with Crippen molar-refractivity contribution in [1.29, 1.82) is 0 Å². The van der Waals surface area contributed by atoms with Gasteiger partial charge in [0.1, 0.15) is 10.8 Å². The van der Waals surface area contributed by atoms with Gasteiger partial charge in [-0.3, -0.25) is 9.59 Å². The first-order valence-electron chi connectivity index (χ1n) is 9.44. The van der Waals surface area contributed by atoms with E-state index in [4.69, 9.17) is 15.2 Å². The normalized spacial score (nSPS) is 12.8. The van der Waals surface area contributed by atoms with Crippen molar-refractivity contribution in [2.45, 2.75) is 39.5 Å². The molecule has 0 atom stereocenters. The first kappa shape index (κ1) is 20.9. The number of benzene rings is 1. The molecule has 1 heterocycles. The van der Waals surface area contributed by atoms with E-state index >= 15 is 0 Å². The highest BCUT2D eigenvalue weighted by Gasteiger charge is 2.25. The molecule has 1 aromatic carbocycles. The number of nitrogens with one attached hydrogen (secondary N) is 1. The summed E-state index contributed by atoms with van der Waals surface area (Å²) in [4.78, 5) is 37.0. The Hall–Kier alpha value is -2.87. The highest BCUT2D eigenvalue weighted by molar-refractivity contribution is 7.17. The first-order chi connectivity index (χ1) is 13.8. The highest BCUT2D eigenvalue weighted by atomic mass is 32.1. The van der Waals surface area contributed by atoms with Crippen molar-refractivity contribution >= 4 is 34.1 Å². The van der Waals surface area contributed by atoms with Gasteiger partial charge in [0.15, 0.2) is 13.2 Å². The number of hydrogen-bond donors (Lipinski definition) is 2. The van der Waals surface area contributed by atoms with E-state index in [9.17, 15) is 14.4 Å². The second-order valence-corrected chi connectivity index (χ2v) is 8.21. The van der Waals surface area contributed by atoms with Crippen molar-refractivity contribution in [2.24, 2.45) is 5.73 Å². The number of fused-ring (bicyclic) bond motifs is 1. The molecule has 154 valence electrons. The fourth-order valence-electron chi connectivity index (χ4n) is 3.42. The summed E-state index contributed by atoms with van der Waals surface area (Å²) >= 11 is 1.37. The van der Waals surface area contributed by atoms with Crippen LogP contribution >= 0.6 is 11.3 Å². The van der Waals surface area contributed by atoms with Crippen molar-refractivity contribution < 1.29 is 23.9 Å². The lowest BCUT2D eigenvalue weighted by atomic mass is 9.95. The number of thiophene rings is 1. The lowest BCUT2D eigenvalue weighted by Gasteiger charge is -2.11. The number of carbonyl (C=O) groups excluding carboxylic acids is 3. The number of amides is 2. The van der Waals surface area contributed by atoms with Crippen LogP contribution in [0.25, 0.3) is 0 Å². The van der Waals surface area contributed by atoms with Crippen molar-refractivity contribution in [2.75, 3.05) is 18.5 Å². The van der Waals surface area contributed by atoms with Crippen molar-refractivity contribution in [3.63, 3.8) is 0 Å². The molecule has 0 saturated carbocycles. The number of rotatable bonds is 7. The summed E-state index contributed by atoms with van der Waals surface area (Å²) in [5, 5.41) is 3.08. The van der Waals surface area contributed by atoms with Crippen molar-refractivity contribution in [1.82, 2.24) is 0 Å². The Morgan fingerprint density at radius 1 is 1.07 bits per heavy atom. The van der Waals surface area contributed by atoms with E-state index in [1.165, 1.54) is 11.3 Å².